The molecule has 0 atom stereocenters. The molecule has 1 N–H and O–H groups in total. The molecule has 152 valence electrons. The second-order valence-electron chi connectivity index (χ2n) is 7.76. The summed E-state index contributed by atoms with van der Waals surface area (Å²) in [5.74, 6) is 0.187. The van der Waals surface area contributed by atoms with E-state index in [9.17, 15) is 8.42 Å². The molecule has 0 aliphatic heterocycles. The molecule has 0 amide bonds. The van der Waals surface area contributed by atoms with Gasteiger partial charge in [-0.25, -0.2) is 13.4 Å². The lowest BCUT2D eigenvalue weighted by Crippen LogP contribution is -2.16. The first kappa shape index (κ1) is 21.0. The Kier molecular flexibility index (Phi) is 6.00. The molecule has 0 fully saturated rings. The summed E-state index contributed by atoms with van der Waals surface area (Å²) in [5.41, 5.74) is 3.25. The lowest BCUT2D eigenvalue weighted by Gasteiger charge is -2.19. The van der Waals surface area contributed by atoms with E-state index in [-0.39, 0.29) is 16.1 Å². The van der Waals surface area contributed by atoms with Gasteiger partial charge in [-0.1, -0.05) is 57.2 Å². The Hall–Kier alpha value is -2.77. The predicted molar refractivity (Wildman–Crippen MR) is 114 cm³/mol. The normalized spacial score (nSPS) is 12.0. The summed E-state index contributed by atoms with van der Waals surface area (Å²) >= 11 is 0. The third-order valence-electron chi connectivity index (χ3n) is 4.50. The Morgan fingerprint density at radius 1 is 0.931 bits per heavy atom. The largest absolute Gasteiger partial charge is 0.380 e. The molecule has 0 saturated carbocycles. The van der Waals surface area contributed by atoms with Crippen LogP contribution in [0.15, 0.2) is 65.8 Å². The van der Waals surface area contributed by atoms with Gasteiger partial charge in [0.15, 0.2) is 5.82 Å². The third-order valence-corrected chi connectivity index (χ3v) is 5.85. The molecular formula is C22H25N3O3S. The molecule has 6 nitrogen and oxygen atoms in total. The molecule has 3 rings (SSSR count). The van der Waals surface area contributed by atoms with Crippen molar-refractivity contribution in [2.24, 2.45) is 0 Å². The highest BCUT2D eigenvalue weighted by atomic mass is 32.2. The van der Waals surface area contributed by atoms with Gasteiger partial charge >= 0.3 is 0 Å². The Morgan fingerprint density at radius 2 is 1.55 bits per heavy atom. The van der Waals surface area contributed by atoms with Crippen LogP contribution in [-0.2, 0) is 26.8 Å². The monoisotopic (exact) mass is 411 g/mol. The van der Waals surface area contributed by atoms with Crippen molar-refractivity contribution in [2.75, 3.05) is 11.8 Å². The van der Waals surface area contributed by atoms with Gasteiger partial charge in [0.1, 0.15) is 5.69 Å². The Labute approximate surface area is 172 Å². The van der Waals surface area contributed by atoms with Crippen LogP contribution >= 0.6 is 0 Å². The Balaban J connectivity index is 1.90. The number of nitrogens with one attached hydrogen (secondary N) is 1. The van der Waals surface area contributed by atoms with Gasteiger partial charge in [-0.15, -0.1) is 0 Å². The molecular weight excluding hydrogens is 386 g/mol. The summed E-state index contributed by atoms with van der Waals surface area (Å²) in [6.45, 7) is 6.75. The van der Waals surface area contributed by atoms with Crippen LogP contribution in [0.2, 0.25) is 0 Å². The van der Waals surface area contributed by atoms with Crippen molar-refractivity contribution in [3.63, 3.8) is 0 Å². The van der Waals surface area contributed by atoms with Gasteiger partial charge in [0.05, 0.1) is 11.5 Å². The molecule has 0 aliphatic rings. The highest BCUT2D eigenvalue weighted by Crippen LogP contribution is 2.27. The highest BCUT2D eigenvalue weighted by molar-refractivity contribution is 7.92. The molecule has 2 aromatic carbocycles. The number of anilines is 1. The van der Waals surface area contributed by atoms with Crippen LogP contribution in [0.4, 0.5) is 5.82 Å². The number of methoxy groups -OCH3 is 1. The fourth-order valence-electron chi connectivity index (χ4n) is 2.87. The van der Waals surface area contributed by atoms with E-state index >= 15 is 0 Å². The standard InChI is InChI=1S/C22H25N3O3S/c1-22(2,3)18-9-11-19(12-10-18)29(26,27)25-21-20(23-13-14-24-21)17-7-5-16(6-8-17)15-28-4/h5-14H,15H2,1-4H3,(H,24,25). The minimum absolute atomic E-state index is 0.0528. The van der Waals surface area contributed by atoms with Gasteiger partial charge in [-0.3, -0.25) is 9.71 Å². The molecule has 7 heteroatoms. The lowest BCUT2D eigenvalue weighted by molar-refractivity contribution is 0.185. The molecule has 1 aromatic heterocycles. The first-order valence-corrected chi connectivity index (χ1v) is 10.7. The SMILES string of the molecule is COCc1ccc(-c2nccnc2NS(=O)(=O)c2ccc(C(C)(C)C)cc2)cc1. The van der Waals surface area contributed by atoms with Gasteiger partial charge < -0.3 is 4.74 Å². The molecule has 0 aliphatic carbocycles. The van der Waals surface area contributed by atoms with E-state index in [1.807, 2.05) is 36.4 Å². The number of rotatable bonds is 6. The van der Waals surface area contributed by atoms with Crippen LogP contribution in [0, 0.1) is 0 Å². The Morgan fingerprint density at radius 3 is 2.14 bits per heavy atom. The van der Waals surface area contributed by atoms with Gasteiger partial charge in [0, 0.05) is 25.1 Å². The van der Waals surface area contributed by atoms with E-state index in [0.29, 0.717) is 12.3 Å². The minimum Gasteiger partial charge on any atom is -0.380 e. The maximum Gasteiger partial charge on any atom is 0.263 e. The molecule has 1 heterocycles. The minimum atomic E-state index is -3.80. The third kappa shape index (κ3) is 4.99. The molecule has 3 aromatic rings. The van der Waals surface area contributed by atoms with Crippen LogP contribution in [0.25, 0.3) is 11.3 Å². The number of hydrogen-bond donors (Lipinski definition) is 1. The van der Waals surface area contributed by atoms with E-state index in [0.717, 1.165) is 16.7 Å². The van der Waals surface area contributed by atoms with Crippen LogP contribution in [0.1, 0.15) is 31.9 Å². The van der Waals surface area contributed by atoms with E-state index in [2.05, 4.69) is 35.5 Å². The zero-order chi connectivity index (χ0) is 21.1. The van der Waals surface area contributed by atoms with E-state index in [1.54, 1.807) is 19.2 Å². The molecule has 0 bridgehead atoms. The fourth-order valence-corrected chi connectivity index (χ4v) is 3.89. The maximum absolute atomic E-state index is 12.9. The average molecular weight is 412 g/mol. The van der Waals surface area contributed by atoms with Gasteiger partial charge in [-0.2, -0.15) is 0 Å². The van der Waals surface area contributed by atoms with Gasteiger partial charge in [0.25, 0.3) is 10.0 Å². The second-order valence-corrected chi connectivity index (χ2v) is 9.45. The summed E-state index contributed by atoms with van der Waals surface area (Å²) in [6, 6.07) is 14.5. The lowest BCUT2D eigenvalue weighted by atomic mass is 9.87. The summed E-state index contributed by atoms with van der Waals surface area (Å²) in [5, 5.41) is 0. The average Bonchev–Trinajstić information content (AvgIpc) is 2.69. The fraction of sp³-hybridized carbons (Fsp3) is 0.273. The van der Waals surface area contributed by atoms with E-state index in [1.165, 1.54) is 12.4 Å². The molecule has 0 radical (unpaired) electrons. The number of nitrogens with zero attached hydrogens (tertiary/aromatic N) is 2. The van der Waals surface area contributed by atoms with Crippen LogP contribution in [0.5, 0.6) is 0 Å². The second kappa shape index (κ2) is 8.31. The van der Waals surface area contributed by atoms with Crippen molar-refractivity contribution in [1.29, 1.82) is 0 Å². The molecule has 29 heavy (non-hydrogen) atoms. The summed E-state index contributed by atoms with van der Waals surface area (Å²) in [6.07, 6.45) is 3.00. The summed E-state index contributed by atoms with van der Waals surface area (Å²) in [4.78, 5) is 8.71. The van der Waals surface area contributed by atoms with Crippen LogP contribution < -0.4 is 4.72 Å². The number of hydrogen-bond acceptors (Lipinski definition) is 5. The first-order chi connectivity index (χ1) is 13.7. The summed E-state index contributed by atoms with van der Waals surface area (Å²) in [7, 11) is -2.16. The number of sulfonamides is 1. The quantitative estimate of drug-likeness (QED) is 0.651. The highest BCUT2D eigenvalue weighted by Gasteiger charge is 2.20. The van der Waals surface area contributed by atoms with Crippen molar-refractivity contribution >= 4 is 15.8 Å². The van der Waals surface area contributed by atoms with Crippen molar-refractivity contribution < 1.29 is 13.2 Å². The van der Waals surface area contributed by atoms with Gasteiger partial charge in [0.2, 0.25) is 0 Å². The van der Waals surface area contributed by atoms with Crippen LogP contribution in [0.3, 0.4) is 0 Å². The van der Waals surface area contributed by atoms with Crippen molar-refractivity contribution in [2.45, 2.75) is 37.7 Å². The van der Waals surface area contributed by atoms with Crippen molar-refractivity contribution in [3.05, 3.63) is 72.1 Å². The topological polar surface area (TPSA) is 81.2 Å². The smallest absolute Gasteiger partial charge is 0.263 e. The molecule has 0 spiro atoms. The van der Waals surface area contributed by atoms with E-state index in [4.69, 9.17) is 4.74 Å². The first-order valence-electron chi connectivity index (χ1n) is 9.23. The number of aromatic nitrogens is 2. The Bertz CT molecular complexity index is 1070. The van der Waals surface area contributed by atoms with Crippen LogP contribution in [-0.4, -0.2) is 25.5 Å². The van der Waals surface area contributed by atoms with Gasteiger partial charge in [-0.05, 0) is 28.7 Å². The number of ether oxygens (including phenoxy) is 1. The van der Waals surface area contributed by atoms with Crippen molar-refractivity contribution in [3.8, 4) is 11.3 Å². The zero-order valence-corrected chi connectivity index (χ0v) is 17.8. The maximum atomic E-state index is 12.9. The molecule has 0 saturated heterocycles. The summed E-state index contributed by atoms with van der Waals surface area (Å²) < 4.78 is 33.5. The van der Waals surface area contributed by atoms with Crippen molar-refractivity contribution in [1.82, 2.24) is 9.97 Å². The zero-order valence-electron chi connectivity index (χ0n) is 17.0. The predicted octanol–water partition coefficient (Wildman–Crippen LogP) is 4.39. The van der Waals surface area contributed by atoms with E-state index < -0.39 is 10.0 Å². The molecule has 0 unspecified atom stereocenters. The number of benzene rings is 2.